The Labute approximate surface area is 166 Å². The molecule has 0 atom stereocenters. The number of amides is 1. The molecule has 1 aliphatic rings. The summed E-state index contributed by atoms with van der Waals surface area (Å²) in [6.45, 7) is 3.00. The van der Waals surface area contributed by atoms with Crippen LogP contribution in [0.3, 0.4) is 0 Å². The van der Waals surface area contributed by atoms with E-state index in [-0.39, 0.29) is 16.7 Å². The Bertz CT molecular complexity index is 921. The summed E-state index contributed by atoms with van der Waals surface area (Å²) in [5.74, 6) is 0.488. The number of sulfonamides is 1. The van der Waals surface area contributed by atoms with E-state index in [0.717, 1.165) is 11.1 Å². The highest BCUT2D eigenvalue weighted by Gasteiger charge is 2.32. The van der Waals surface area contributed by atoms with E-state index in [1.54, 1.807) is 25.3 Å². The Kier molecular flexibility index (Phi) is 6.36. The van der Waals surface area contributed by atoms with Crippen molar-refractivity contribution in [3.05, 3.63) is 59.7 Å². The van der Waals surface area contributed by atoms with Crippen molar-refractivity contribution in [2.45, 2.75) is 31.2 Å². The Morgan fingerprint density at radius 3 is 2.43 bits per heavy atom. The van der Waals surface area contributed by atoms with Gasteiger partial charge in [-0.3, -0.25) is 4.79 Å². The molecule has 28 heavy (non-hydrogen) atoms. The molecule has 6 nitrogen and oxygen atoms in total. The van der Waals surface area contributed by atoms with Crippen LogP contribution in [0.25, 0.3) is 0 Å². The van der Waals surface area contributed by atoms with Crippen LogP contribution in [-0.2, 0) is 21.4 Å². The van der Waals surface area contributed by atoms with Gasteiger partial charge in [0.05, 0.1) is 12.0 Å². The minimum atomic E-state index is -3.57. The molecule has 1 amide bonds. The summed E-state index contributed by atoms with van der Waals surface area (Å²) in [6, 6.07) is 14.6. The van der Waals surface area contributed by atoms with E-state index >= 15 is 0 Å². The fourth-order valence-corrected chi connectivity index (χ4v) is 5.00. The second-order valence-electron chi connectivity index (χ2n) is 7.01. The second-order valence-corrected chi connectivity index (χ2v) is 8.95. The van der Waals surface area contributed by atoms with Crippen LogP contribution in [0.1, 0.15) is 24.0 Å². The monoisotopic (exact) mass is 402 g/mol. The zero-order valence-corrected chi connectivity index (χ0v) is 17.0. The number of hydrogen-bond acceptors (Lipinski definition) is 4. The number of aryl methyl sites for hydroxylation is 1. The van der Waals surface area contributed by atoms with Gasteiger partial charge in [-0.15, -0.1) is 0 Å². The van der Waals surface area contributed by atoms with E-state index in [2.05, 4.69) is 5.32 Å². The van der Waals surface area contributed by atoms with Crippen LogP contribution in [0.5, 0.6) is 5.75 Å². The highest BCUT2D eigenvalue weighted by atomic mass is 32.2. The van der Waals surface area contributed by atoms with Crippen molar-refractivity contribution in [1.82, 2.24) is 9.62 Å². The van der Waals surface area contributed by atoms with Gasteiger partial charge in [0.15, 0.2) is 0 Å². The number of nitrogens with zero attached hydrogens (tertiary/aromatic N) is 1. The maximum atomic E-state index is 12.9. The number of carbonyl (C=O) groups excluding carboxylic acids is 1. The van der Waals surface area contributed by atoms with Gasteiger partial charge >= 0.3 is 0 Å². The van der Waals surface area contributed by atoms with Gasteiger partial charge in [0.25, 0.3) is 0 Å². The molecule has 150 valence electrons. The Morgan fingerprint density at radius 1 is 1.14 bits per heavy atom. The van der Waals surface area contributed by atoms with Crippen molar-refractivity contribution in [1.29, 1.82) is 0 Å². The number of ether oxygens (including phenoxy) is 1. The molecule has 0 aliphatic carbocycles. The highest BCUT2D eigenvalue weighted by molar-refractivity contribution is 7.89. The first-order valence-corrected chi connectivity index (χ1v) is 10.8. The lowest BCUT2D eigenvalue weighted by Crippen LogP contribution is -2.42. The zero-order chi connectivity index (χ0) is 20.1. The molecule has 0 spiro atoms. The number of methoxy groups -OCH3 is 1. The van der Waals surface area contributed by atoms with Crippen LogP contribution in [0, 0.1) is 12.8 Å². The van der Waals surface area contributed by atoms with Crippen molar-refractivity contribution in [2.75, 3.05) is 20.2 Å². The van der Waals surface area contributed by atoms with Crippen LogP contribution < -0.4 is 10.1 Å². The lowest BCUT2D eigenvalue weighted by Gasteiger charge is -2.30. The summed E-state index contributed by atoms with van der Waals surface area (Å²) < 4.78 is 32.5. The number of piperidine rings is 1. The first-order valence-electron chi connectivity index (χ1n) is 9.38. The maximum absolute atomic E-state index is 12.9. The van der Waals surface area contributed by atoms with Gasteiger partial charge in [-0.2, -0.15) is 4.31 Å². The van der Waals surface area contributed by atoms with E-state index in [9.17, 15) is 13.2 Å². The number of benzene rings is 2. The number of carbonyl (C=O) groups is 1. The van der Waals surface area contributed by atoms with Crippen LogP contribution in [0.2, 0.25) is 0 Å². The van der Waals surface area contributed by atoms with Gasteiger partial charge < -0.3 is 10.1 Å². The molecule has 1 aliphatic heterocycles. The molecule has 7 heteroatoms. The molecule has 0 aromatic heterocycles. The third-order valence-electron chi connectivity index (χ3n) is 5.14. The average molecular weight is 403 g/mol. The molecule has 2 aromatic rings. The predicted octanol–water partition coefficient (Wildman–Crippen LogP) is 2.72. The summed E-state index contributed by atoms with van der Waals surface area (Å²) >= 11 is 0. The normalized spacial score (nSPS) is 15.9. The van der Waals surface area contributed by atoms with E-state index in [1.807, 2.05) is 37.3 Å². The maximum Gasteiger partial charge on any atom is 0.243 e. The van der Waals surface area contributed by atoms with E-state index < -0.39 is 10.0 Å². The molecule has 1 fully saturated rings. The fraction of sp³-hybridized carbons (Fsp3) is 0.381. The van der Waals surface area contributed by atoms with E-state index in [0.29, 0.717) is 38.2 Å². The molecule has 1 saturated heterocycles. The third kappa shape index (κ3) is 4.54. The Hall–Kier alpha value is -2.38. The molecule has 0 radical (unpaired) electrons. The lowest BCUT2D eigenvalue weighted by atomic mass is 9.97. The molecular weight excluding hydrogens is 376 g/mol. The Balaban J connectivity index is 1.58. The molecule has 0 unspecified atom stereocenters. The largest absolute Gasteiger partial charge is 0.496 e. The minimum Gasteiger partial charge on any atom is -0.496 e. The van der Waals surface area contributed by atoms with Gasteiger partial charge in [-0.05, 0) is 49.1 Å². The lowest BCUT2D eigenvalue weighted by molar-refractivity contribution is -0.126. The smallest absolute Gasteiger partial charge is 0.243 e. The van der Waals surface area contributed by atoms with Gasteiger partial charge in [0.1, 0.15) is 5.75 Å². The quantitative estimate of drug-likeness (QED) is 0.806. The predicted molar refractivity (Wildman–Crippen MR) is 108 cm³/mol. The number of hydrogen-bond donors (Lipinski definition) is 1. The van der Waals surface area contributed by atoms with Crippen molar-refractivity contribution in [3.8, 4) is 5.75 Å². The van der Waals surface area contributed by atoms with E-state index in [1.165, 1.54) is 4.31 Å². The van der Waals surface area contributed by atoms with Crippen LogP contribution in [0.4, 0.5) is 0 Å². The number of nitrogens with one attached hydrogen (secondary N) is 1. The topological polar surface area (TPSA) is 75.7 Å². The van der Waals surface area contributed by atoms with Crippen molar-refractivity contribution < 1.29 is 17.9 Å². The molecule has 1 N–H and O–H groups in total. The summed E-state index contributed by atoms with van der Waals surface area (Å²) in [5, 5.41) is 2.95. The van der Waals surface area contributed by atoms with Gasteiger partial charge in [-0.25, -0.2) is 8.42 Å². The molecule has 1 heterocycles. The SMILES string of the molecule is COc1ccc(S(=O)(=O)N2CCC(C(=O)NCc3ccccc3)CC2)cc1C. The van der Waals surface area contributed by atoms with Crippen LogP contribution in [0.15, 0.2) is 53.4 Å². The zero-order valence-electron chi connectivity index (χ0n) is 16.2. The minimum absolute atomic E-state index is 0.0128. The van der Waals surface area contributed by atoms with Crippen LogP contribution in [-0.4, -0.2) is 38.8 Å². The summed E-state index contributed by atoms with van der Waals surface area (Å²) in [4.78, 5) is 12.7. The molecule has 2 aromatic carbocycles. The Morgan fingerprint density at radius 2 is 1.82 bits per heavy atom. The van der Waals surface area contributed by atoms with Gasteiger partial charge in [0, 0.05) is 25.6 Å². The molecular formula is C21H26N2O4S. The van der Waals surface area contributed by atoms with Crippen molar-refractivity contribution in [2.24, 2.45) is 5.92 Å². The molecule has 0 saturated carbocycles. The summed E-state index contributed by atoms with van der Waals surface area (Å²) in [7, 11) is -2.01. The van der Waals surface area contributed by atoms with Gasteiger partial charge in [0.2, 0.25) is 15.9 Å². The van der Waals surface area contributed by atoms with Gasteiger partial charge in [-0.1, -0.05) is 30.3 Å². The summed E-state index contributed by atoms with van der Waals surface area (Å²) in [5.41, 5.74) is 1.82. The summed E-state index contributed by atoms with van der Waals surface area (Å²) in [6.07, 6.45) is 1.05. The molecule has 0 bridgehead atoms. The number of rotatable bonds is 6. The molecule has 3 rings (SSSR count). The first kappa shape index (κ1) is 20.4. The standard InChI is InChI=1S/C21H26N2O4S/c1-16-14-19(8-9-20(16)27-2)28(25,26)23-12-10-18(11-13-23)21(24)22-15-17-6-4-3-5-7-17/h3-9,14,18H,10-13,15H2,1-2H3,(H,22,24). The van der Waals surface area contributed by atoms with E-state index in [4.69, 9.17) is 4.74 Å². The fourth-order valence-electron chi connectivity index (χ4n) is 3.45. The van der Waals surface area contributed by atoms with Crippen LogP contribution >= 0.6 is 0 Å². The van der Waals surface area contributed by atoms with Crippen molar-refractivity contribution in [3.63, 3.8) is 0 Å². The average Bonchev–Trinajstić information content (AvgIpc) is 2.72. The van der Waals surface area contributed by atoms with Crippen molar-refractivity contribution >= 4 is 15.9 Å². The highest BCUT2D eigenvalue weighted by Crippen LogP contribution is 2.27. The third-order valence-corrected chi connectivity index (χ3v) is 7.03. The first-order chi connectivity index (χ1) is 13.4. The second kappa shape index (κ2) is 8.75.